The number of hydrogen-bond acceptors (Lipinski definition) is 4. The van der Waals surface area contributed by atoms with Crippen LogP contribution in [-0.4, -0.2) is 26.5 Å². The highest BCUT2D eigenvalue weighted by molar-refractivity contribution is 7.98. The van der Waals surface area contributed by atoms with Crippen LogP contribution in [0.1, 0.15) is 5.82 Å². The van der Waals surface area contributed by atoms with Crippen LogP contribution in [0.2, 0.25) is 10.0 Å². The highest BCUT2D eigenvalue weighted by atomic mass is 35.5. The van der Waals surface area contributed by atoms with Crippen molar-refractivity contribution in [3.63, 3.8) is 0 Å². The second-order valence-electron chi connectivity index (χ2n) is 4.35. The first-order chi connectivity index (χ1) is 10.7. The molecule has 0 aliphatic carbocycles. The molecule has 0 saturated carbocycles. The molecular weight excluding hydrogens is 394 g/mol. The van der Waals surface area contributed by atoms with Crippen molar-refractivity contribution in [2.24, 2.45) is 7.05 Å². The first kappa shape index (κ1) is 18.4. The standard InChI is InChI=1S/C12H10Cl2F3N3OS2/c1-19-11(22)20(10(18-19)12(15,16)17)8-3-7(14)9(4-6(8)13)21-5-23-2/h3-4H,5H2,1-2H3. The van der Waals surface area contributed by atoms with Gasteiger partial charge in [-0.05, 0) is 24.5 Å². The molecule has 0 fully saturated rings. The Hall–Kier alpha value is -0.900. The first-order valence-corrected chi connectivity index (χ1v) is 8.57. The van der Waals surface area contributed by atoms with E-state index in [1.807, 2.05) is 6.26 Å². The summed E-state index contributed by atoms with van der Waals surface area (Å²) in [7, 11) is 1.32. The summed E-state index contributed by atoms with van der Waals surface area (Å²) in [6.45, 7) is 0. The molecule has 0 amide bonds. The molecule has 1 heterocycles. The van der Waals surface area contributed by atoms with E-state index in [0.717, 1.165) is 9.25 Å². The van der Waals surface area contributed by atoms with E-state index in [0.29, 0.717) is 5.94 Å². The minimum Gasteiger partial charge on any atom is -0.481 e. The number of benzene rings is 1. The molecule has 2 rings (SSSR count). The van der Waals surface area contributed by atoms with Crippen molar-refractivity contribution in [2.45, 2.75) is 6.18 Å². The number of aromatic nitrogens is 3. The van der Waals surface area contributed by atoms with Crippen LogP contribution in [-0.2, 0) is 13.2 Å². The number of aryl methyl sites for hydroxylation is 1. The molecule has 0 bridgehead atoms. The molecule has 0 radical (unpaired) electrons. The summed E-state index contributed by atoms with van der Waals surface area (Å²) >= 11 is 18.6. The van der Waals surface area contributed by atoms with Crippen LogP contribution in [0.15, 0.2) is 12.1 Å². The summed E-state index contributed by atoms with van der Waals surface area (Å²) in [5.74, 6) is -0.574. The van der Waals surface area contributed by atoms with Crippen molar-refractivity contribution in [2.75, 3.05) is 12.2 Å². The maximum Gasteiger partial charge on any atom is 0.452 e. The SMILES string of the molecule is CSCOc1cc(Cl)c(-n2c(C(F)(F)F)nn(C)c2=S)cc1Cl. The van der Waals surface area contributed by atoms with E-state index in [1.165, 1.54) is 30.9 Å². The van der Waals surface area contributed by atoms with Gasteiger partial charge in [0.05, 0.1) is 15.7 Å². The second-order valence-corrected chi connectivity index (χ2v) is 6.34. The maximum absolute atomic E-state index is 13.2. The Morgan fingerprint density at radius 2 is 1.96 bits per heavy atom. The minimum atomic E-state index is -4.70. The molecule has 1 aromatic carbocycles. The van der Waals surface area contributed by atoms with Gasteiger partial charge < -0.3 is 4.74 Å². The van der Waals surface area contributed by atoms with Gasteiger partial charge in [0, 0.05) is 13.1 Å². The van der Waals surface area contributed by atoms with Crippen molar-refractivity contribution >= 4 is 47.2 Å². The maximum atomic E-state index is 13.2. The molecule has 0 atom stereocenters. The van der Waals surface area contributed by atoms with Gasteiger partial charge in [0.2, 0.25) is 10.6 Å². The van der Waals surface area contributed by atoms with Crippen LogP contribution in [0.3, 0.4) is 0 Å². The zero-order valence-corrected chi connectivity index (χ0v) is 15.0. The number of rotatable bonds is 4. The number of alkyl halides is 3. The molecule has 0 aliphatic rings. The summed E-state index contributed by atoms with van der Waals surface area (Å²) in [5.41, 5.74) is -0.0152. The van der Waals surface area contributed by atoms with Crippen LogP contribution in [0, 0.1) is 4.77 Å². The smallest absolute Gasteiger partial charge is 0.452 e. The Bertz CT molecular complexity index is 789. The van der Waals surface area contributed by atoms with Crippen molar-refractivity contribution in [3.8, 4) is 11.4 Å². The van der Waals surface area contributed by atoms with Crippen LogP contribution >= 0.6 is 47.2 Å². The van der Waals surface area contributed by atoms with Gasteiger partial charge in [0.25, 0.3) is 0 Å². The normalized spacial score (nSPS) is 11.8. The second kappa shape index (κ2) is 6.92. The topological polar surface area (TPSA) is 32.0 Å². The quantitative estimate of drug-likeness (QED) is 0.532. The Labute approximate surface area is 149 Å². The highest BCUT2D eigenvalue weighted by Crippen LogP contribution is 2.37. The van der Waals surface area contributed by atoms with E-state index in [-0.39, 0.29) is 26.3 Å². The lowest BCUT2D eigenvalue weighted by Crippen LogP contribution is -2.14. The predicted octanol–water partition coefficient (Wildman–Crippen LogP) is 4.97. The fraction of sp³-hybridized carbons (Fsp3) is 0.333. The Balaban J connectivity index is 2.64. The van der Waals surface area contributed by atoms with Crippen LogP contribution < -0.4 is 4.74 Å². The lowest BCUT2D eigenvalue weighted by atomic mass is 10.3. The first-order valence-electron chi connectivity index (χ1n) is 6.01. The highest BCUT2D eigenvalue weighted by Gasteiger charge is 2.39. The molecule has 2 aromatic rings. The number of hydrogen-bond donors (Lipinski definition) is 0. The number of halogens is 5. The summed E-state index contributed by atoms with van der Waals surface area (Å²) in [6, 6.07) is 2.62. The van der Waals surface area contributed by atoms with Crippen molar-refractivity contribution < 1.29 is 17.9 Å². The molecule has 0 saturated heterocycles. The van der Waals surface area contributed by atoms with Crippen LogP contribution in [0.25, 0.3) is 5.69 Å². The lowest BCUT2D eigenvalue weighted by Gasteiger charge is -2.13. The van der Waals surface area contributed by atoms with Gasteiger partial charge in [-0.3, -0.25) is 4.57 Å². The number of thioether (sulfide) groups is 1. The zero-order chi connectivity index (χ0) is 17.4. The van der Waals surface area contributed by atoms with Gasteiger partial charge in [0.15, 0.2) is 0 Å². The zero-order valence-electron chi connectivity index (χ0n) is 11.8. The van der Waals surface area contributed by atoms with E-state index >= 15 is 0 Å². The van der Waals surface area contributed by atoms with Crippen LogP contribution in [0.4, 0.5) is 13.2 Å². The minimum absolute atomic E-state index is 0.0140. The molecule has 126 valence electrons. The third-order valence-corrected chi connectivity index (χ3v) is 4.15. The van der Waals surface area contributed by atoms with Crippen molar-refractivity contribution in [3.05, 3.63) is 32.8 Å². The molecule has 11 heteroatoms. The predicted molar refractivity (Wildman–Crippen MR) is 87.4 cm³/mol. The van der Waals surface area contributed by atoms with E-state index in [4.69, 9.17) is 40.2 Å². The lowest BCUT2D eigenvalue weighted by molar-refractivity contribution is -0.146. The summed E-state index contributed by atoms with van der Waals surface area (Å²) in [5, 5.41) is 3.55. The largest absolute Gasteiger partial charge is 0.481 e. The molecule has 0 aliphatic heterocycles. The van der Waals surface area contributed by atoms with Crippen molar-refractivity contribution in [1.29, 1.82) is 0 Å². The molecular formula is C12H10Cl2F3N3OS2. The molecule has 0 spiro atoms. The summed E-state index contributed by atoms with van der Waals surface area (Å²) in [6.07, 6.45) is -2.87. The average molecular weight is 404 g/mol. The fourth-order valence-corrected chi connectivity index (χ4v) is 2.71. The van der Waals surface area contributed by atoms with Gasteiger partial charge >= 0.3 is 6.18 Å². The number of nitrogens with zero attached hydrogens (tertiary/aromatic N) is 3. The van der Waals surface area contributed by atoms with Crippen LogP contribution in [0.5, 0.6) is 5.75 Å². The summed E-state index contributed by atoms with van der Waals surface area (Å²) in [4.78, 5) is 0. The molecule has 4 nitrogen and oxygen atoms in total. The van der Waals surface area contributed by atoms with Gasteiger partial charge in [-0.1, -0.05) is 23.2 Å². The van der Waals surface area contributed by atoms with Gasteiger partial charge in [-0.25, -0.2) is 4.68 Å². The third kappa shape index (κ3) is 3.78. The average Bonchev–Trinajstić information content (AvgIpc) is 2.75. The molecule has 1 aromatic heterocycles. The van der Waals surface area contributed by atoms with E-state index < -0.39 is 12.0 Å². The number of ether oxygens (including phenoxy) is 1. The molecule has 23 heavy (non-hydrogen) atoms. The summed E-state index contributed by atoms with van der Waals surface area (Å²) < 4.78 is 46.4. The Morgan fingerprint density at radius 3 is 2.52 bits per heavy atom. The Morgan fingerprint density at radius 1 is 1.30 bits per heavy atom. The van der Waals surface area contributed by atoms with Gasteiger partial charge in [-0.15, -0.1) is 16.9 Å². The van der Waals surface area contributed by atoms with Gasteiger partial charge in [-0.2, -0.15) is 13.2 Å². The molecule has 0 unspecified atom stereocenters. The van der Waals surface area contributed by atoms with Crippen molar-refractivity contribution in [1.82, 2.24) is 14.3 Å². The van der Waals surface area contributed by atoms with E-state index in [9.17, 15) is 13.2 Å². The fourth-order valence-electron chi connectivity index (χ4n) is 1.79. The van der Waals surface area contributed by atoms with E-state index in [2.05, 4.69) is 5.10 Å². The van der Waals surface area contributed by atoms with E-state index in [1.54, 1.807) is 0 Å². The third-order valence-electron chi connectivity index (χ3n) is 2.75. The van der Waals surface area contributed by atoms with Gasteiger partial charge in [0.1, 0.15) is 11.7 Å². The Kier molecular flexibility index (Phi) is 5.55. The molecule has 0 N–H and O–H groups in total. The monoisotopic (exact) mass is 403 g/mol.